The molecule has 11 heteroatoms. The summed E-state index contributed by atoms with van der Waals surface area (Å²) < 4.78 is 27.0. The molecular weight excluding hydrogens is 448 g/mol. The van der Waals surface area contributed by atoms with Gasteiger partial charge in [-0.05, 0) is 42.0 Å². The molecule has 0 spiro atoms. The average molecular weight is 468 g/mol. The fourth-order valence-corrected chi connectivity index (χ4v) is 5.04. The average Bonchev–Trinajstić information content (AvgIpc) is 2.78. The van der Waals surface area contributed by atoms with Crippen LogP contribution in [0.4, 0.5) is 16.2 Å². The number of nitrogens with one attached hydrogen (secondary N) is 2. The van der Waals surface area contributed by atoms with Crippen molar-refractivity contribution in [2.75, 3.05) is 10.6 Å². The molecule has 0 saturated carbocycles. The summed E-state index contributed by atoms with van der Waals surface area (Å²) in [6.45, 7) is 0. The third-order valence-corrected chi connectivity index (χ3v) is 6.78. The number of nitrogens with two attached hydrogens (primary N) is 1. The highest BCUT2D eigenvalue weighted by atomic mass is 32.2. The van der Waals surface area contributed by atoms with Gasteiger partial charge in [0.05, 0.1) is 17.0 Å². The molecule has 5 N–H and O–H groups in total. The predicted molar refractivity (Wildman–Crippen MR) is 120 cm³/mol. The van der Waals surface area contributed by atoms with E-state index in [0.29, 0.717) is 0 Å². The molecule has 0 fully saturated rings. The first-order valence-corrected chi connectivity index (χ1v) is 11.2. The highest BCUT2D eigenvalue weighted by Gasteiger charge is 2.33. The van der Waals surface area contributed by atoms with Crippen LogP contribution in [0.15, 0.2) is 78.0 Å². The maximum absolute atomic E-state index is 13.5. The van der Waals surface area contributed by atoms with Crippen LogP contribution in [-0.2, 0) is 14.6 Å². The van der Waals surface area contributed by atoms with Crippen LogP contribution in [0.3, 0.4) is 0 Å². The maximum Gasteiger partial charge on any atom is 0.316 e. The molecule has 170 valence electrons. The largest absolute Gasteiger partial charge is 0.481 e. The zero-order chi connectivity index (χ0) is 24.0. The lowest BCUT2D eigenvalue weighted by molar-refractivity contribution is -0.137. The molecule has 1 aromatic heterocycles. The van der Waals surface area contributed by atoms with Crippen molar-refractivity contribution in [2.24, 2.45) is 5.73 Å². The number of carbonyl (C=O) groups is 3. The Balaban J connectivity index is 1.97. The number of carbonyl (C=O) groups excluding carboxylic acids is 2. The Morgan fingerprint density at radius 2 is 1.76 bits per heavy atom. The number of aromatic nitrogens is 1. The van der Waals surface area contributed by atoms with Crippen LogP contribution >= 0.6 is 0 Å². The Labute approximate surface area is 189 Å². The molecule has 0 aliphatic carbocycles. The van der Waals surface area contributed by atoms with Gasteiger partial charge in [-0.1, -0.05) is 24.3 Å². The molecule has 0 bridgehead atoms. The predicted octanol–water partition coefficient (Wildman–Crippen LogP) is 2.81. The van der Waals surface area contributed by atoms with E-state index in [1.54, 1.807) is 0 Å². The van der Waals surface area contributed by atoms with Gasteiger partial charge in [0, 0.05) is 23.6 Å². The molecule has 3 amide bonds. The zero-order valence-corrected chi connectivity index (χ0v) is 18.0. The van der Waals surface area contributed by atoms with Crippen LogP contribution in [0.2, 0.25) is 0 Å². The Morgan fingerprint density at radius 3 is 2.42 bits per heavy atom. The second kappa shape index (κ2) is 9.92. The van der Waals surface area contributed by atoms with Crippen molar-refractivity contribution in [3.8, 4) is 0 Å². The van der Waals surface area contributed by atoms with Gasteiger partial charge in [0.25, 0.3) is 5.91 Å². The summed E-state index contributed by atoms with van der Waals surface area (Å²) in [5.41, 5.74) is 5.71. The van der Waals surface area contributed by atoms with Crippen molar-refractivity contribution in [3.05, 3.63) is 84.2 Å². The van der Waals surface area contributed by atoms with E-state index < -0.39 is 39.4 Å². The van der Waals surface area contributed by atoms with Crippen molar-refractivity contribution < 1.29 is 27.9 Å². The molecule has 0 aliphatic rings. The molecule has 3 rings (SSSR count). The van der Waals surface area contributed by atoms with Crippen molar-refractivity contribution in [2.45, 2.75) is 16.6 Å². The van der Waals surface area contributed by atoms with E-state index in [1.807, 2.05) is 0 Å². The van der Waals surface area contributed by atoms with Crippen LogP contribution in [0.1, 0.15) is 27.6 Å². The summed E-state index contributed by atoms with van der Waals surface area (Å²) in [4.78, 5) is 38.9. The summed E-state index contributed by atoms with van der Waals surface area (Å²) >= 11 is 0. The molecule has 2 aromatic carbocycles. The van der Waals surface area contributed by atoms with E-state index >= 15 is 0 Å². The standard InChI is InChI=1S/C22H20N4O6S/c23-22(30)25-16-7-3-5-14(11-16)21(29)26-17-8-1-2-9-18(17)33(31,32)19(12-20(27)28)15-6-4-10-24-13-15/h1-11,13,19H,12H2,(H,26,29)(H,27,28)(H3,23,25,30). The van der Waals surface area contributed by atoms with Gasteiger partial charge in [-0.3, -0.25) is 14.6 Å². The second-order valence-corrected chi connectivity index (χ2v) is 9.04. The van der Waals surface area contributed by atoms with Crippen LogP contribution in [0, 0.1) is 0 Å². The number of nitrogens with zero attached hydrogens (tertiary/aromatic N) is 1. The molecule has 1 unspecified atom stereocenters. The van der Waals surface area contributed by atoms with Gasteiger partial charge in [-0.15, -0.1) is 0 Å². The lowest BCUT2D eigenvalue weighted by atomic mass is 10.1. The molecule has 10 nitrogen and oxygen atoms in total. The number of pyridine rings is 1. The Kier molecular flexibility index (Phi) is 7.04. The fourth-order valence-electron chi connectivity index (χ4n) is 3.18. The van der Waals surface area contributed by atoms with Crippen molar-refractivity contribution in [1.29, 1.82) is 0 Å². The third kappa shape index (κ3) is 5.71. The Bertz CT molecular complexity index is 1300. The van der Waals surface area contributed by atoms with Crippen molar-refractivity contribution in [1.82, 2.24) is 4.98 Å². The number of carboxylic acid groups (broad SMARTS) is 1. The number of primary amides is 1. The van der Waals surface area contributed by atoms with E-state index in [4.69, 9.17) is 5.73 Å². The van der Waals surface area contributed by atoms with Gasteiger partial charge >= 0.3 is 12.0 Å². The first kappa shape index (κ1) is 23.4. The first-order valence-electron chi connectivity index (χ1n) is 9.61. The molecular formula is C22H20N4O6S. The SMILES string of the molecule is NC(=O)Nc1cccc(C(=O)Nc2ccccc2S(=O)(=O)C(CC(=O)O)c2cccnc2)c1. The number of hydrogen-bond donors (Lipinski definition) is 4. The number of hydrogen-bond acceptors (Lipinski definition) is 6. The van der Waals surface area contributed by atoms with Gasteiger partial charge in [-0.2, -0.15) is 0 Å². The van der Waals surface area contributed by atoms with Crippen molar-refractivity contribution >= 4 is 39.1 Å². The molecule has 0 aliphatic heterocycles. The van der Waals surface area contributed by atoms with Crippen LogP contribution in [0.25, 0.3) is 0 Å². The van der Waals surface area contributed by atoms with Crippen LogP contribution in [-0.4, -0.2) is 36.4 Å². The number of benzene rings is 2. The Morgan fingerprint density at radius 1 is 1.00 bits per heavy atom. The molecule has 1 atom stereocenters. The second-order valence-electron chi connectivity index (χ2n) is 6.94. The van der Waals surface area contributed by atoms with Gasteiger partial charge < -0.3 is 21.5 Å². The summed E-state index contributed by atoms with van der Waals surface area (Å²) in [6.07, 6.45) is 2.06. The number of anilines is 2. The number of aliphatic carboxylic acids is 1. The minimum atomic E-state index is -4.24. The minimum Gasteiger partial charge on any atom is -0.481 e. The lowest BCUT2D eigenvalue weighted by Crippen LogP contribution is -2.21. The van der Waals surface area contributed by atoms with Crippen molar-refractivity contribution in [3.63, 3.8) is 0 Å². The number of carboxylic acids is 1. The van der Waals surface area contributed by atoms with E-state index in [-0.39, 0.29) is 27.4 Å². The minimum absolute atomic E-state index is 0.0185. The summed E-state index contributed by atoms with van der Waals surface area (Å²) in [5.74, 6) is -1.94. The van der Waals surface area contributed by atoms with Crippen LogP contribution < -0.4 is 16.4 Å². The van der Waals surface area contributed by atoms with E-state index in [0.717, 1.165) is 0 Å². The van der Waals surface area contributed by atoms with E-state index in [9.17, 15) is 27.9 Å². The topological polar surface area (TPSA) is 169 Å². The van der Waals surface area contributed by atoms with E-state index in [2.05, 4.69) is 15.6 Å². The van der Waals surface area contributed by atoms with Gasteiger partial charge in [0.1, 0.15) is 5.25 Å². The first-order chi connectivity index (χ1) is 15.7. The summed E-state index contributed by atoms with van der Waals surface area (Å²) in [6, 6.07) is 13.8. The van der Waals surface area contributed by atoms with Crippen LogP contribution in [0.5, 0.6) is 0 Å². The lowest BCUT2D eigenvalue weighted by Gasteiger charge is -2.19. The molecule has 33 heavy (non-hydrogen) atoms. The molecule has 3 aromatic rings. The number of urea groups is 1. The smallest absolute Gasteiger partial charge is 0.316 e. The number of sulfone groups is 1. The quantitative estimate of drug-likeness (QED) is 0.394. The highest BCUT2D eigenvalue weighted by molar-refractivity contribution is 7.91. The number of para-hydroxylation sites is 1. The third-order valence-electron chi connectivity index (χ3n) is 4.62. The molecule has 1 heterocycles. The number of amides is 3. The summed E-state index contributed by atoms with van der Waals surface area (Å²) in [7, 11) is -4.24. The van der Waals surface area contributed by atoms with Gasteiger partial charge in [0.15, 0.2) is 9.84 Å². The maximum atomic E-state index is 13.5. The zero-order valence-electron chi connectivity index (χ0n) is 17.1. The van der Waals surface area contributed by atoms with Gasteiger partial charge in [0.2, 0.25) is 0 Å². The molecule has 0 radical (unpaired) electrons. The highest BCUT2D eigenvalue weighted by Crippen LogP contribution is 2.35. The van der Waals surface area contributed by atoms with Gasteiger partial charge in [-0.25, -0.2) is 13.2 Å². The summed E-state index contributed by atoms with van der Waals surface area (Å²) in [5, 5.41) is 12.8. The Hall–Kier alpha value is -4.25. The number of rotatable bonds is 8. The van der Waals surface area contributed by atoms with E-state index in [1.165, 1.54) is 73.1 Å². The molecule has 0 saturated heterocycles. The fraction of sp³-hybridized carbons (Fsp3) is 0.0909. The normalized spacial score (nSPS) is 11.9. The monoisotopic (exact) mass is 468 g/mol.